The largest absolute Gasteiger partial charge is 0.391 e. The number of β-amino-alcohol motifs (C(OH)–C–C–N with tert-alkyl or cyclic N) is 1. The lowest BCUT2D eigenvalue weighted by atomic mass is 9.85. The van der Waals surface area contributed by atoms with E-state index in [1.165, 1.54) is 4.90 Å². The Morgan fingerprint density at radius 1 is 1.20 bits per heavy atom. The van der Waals surface area contributed by atoms with E-state index in [4.69, 9.17) is 4.74 Å². The van der Waals surface area contributed by atoms with Gasteiger partial charge in [0.2, 0.25) is 17.7 Å². The minimum absolute atomic E-state index is 0.0406. The number of halogens is 1. The zero-order chi connectivity index (χ0) is 29.3. The molecule has 0 saturated carbocycles. The second kappa shape index (κ2) is 15.0. The normalized spacial score (nSPS) is 18.0. The number of thiazole rings is 1. The number of ether oxygens (including phenoxy) is 1. The number of aliphatic hydroxyl groups is 1. The van der Waals surface area contributed by atoms with Gasteiger partial charge in [-0.25, -0.2) is 4.98 Å². The molecule has 3 N–H and O–H groups in total. The first-order valence-electron chi connectivity index (χ1n) is 13.7. The van der Waals surface area contributed by atoms with Gasteiger partial charge in [0.05, 0.1) is 28.8 Å². The molecule has 1 aliphatic rings. The number of unbranched alkanes of at least 4 members (excludes halogenated alkanes) is 1. The molecule has 9 nitrogen and oxygen atoms in total. The van der Waals surface area contributed by atoms with Gasteiger partial charge in [-0.05, 0) is 36.3 Å². The van der Waals surface area contributed by atoms with E-state index in [0.717, 1.165) is 39.9 Å². The Morgan fingerprint density at radius 2 is 1.93 bits per heavy atom. The van der Waals surface area contributed by atoms with Crippen molar-refractivity contribution in [2.24, 2.45) is 5.41 Å². The number of alkyl halides is 1. The molecule has 1 aromatic heterocycles. The van der Waals surface area contributed by atoms with Crippen LogP contribution in [0.2, 0.25) is 0 Å². The molecule has 1 aromatic carbocycles. The maximum Gasteiger partial charge on any atom is 0.246 e. The Bertz CT molecular complexity index is 1130. The number of hydrogen-bond acceptors (Lipinski definition) is 7. The predicted octanol–water partition coefficient (Wildman–Crippen LogP) is 3.81. The first-order valence-corrected chi connectivity index (χ1v) is 15.7. The number of likely N-dealkylation sites (tertiary alicyclic amines) is 1. The third kappa shape index (κ3) is 9.09. The van der Waals surface area contributed by atoms with Crippen molar-refractivity contribution in [1.82, 2.24) is 20.5 Å². The maximum atomic E-state index is 13.7. The molecule has 11 heteroatoms. The minimum atomic E-state index is -0.850. The molecule has 1 unspecified atom stereocenters. The van der Waals surface area contributed by atoms with Crippen LogP contribution in [0.15, 0.2) is 29.8 Å². The summed E-state index contributed by atoms with van der Waals surface area (Å²) in [5.41, 5.74) is 4.19. The molecule has 3 rings (SSSR count). The van der Waals surface area contributed by atoms with E-state index >= 15 is 0 Å². The van der Waals surface area contributed by atoms with Crippen molar-refractivity contribution in [1.29, 1.82) is 0 Å². The van der Waals surface area contributed by atoms with Crippen LogP contribution in [-0.4, -0.2) is 76.0 Å². The third-order valence-electron chi connectivity index (χ3n) is 6.86. The number of carbonyl (C=O) groups excluding carboxylic acids is 3. The molecular weight excluding hydrogens is 596 g/mol. The minimum Gasteiger partial charge on any atom is -0.391 e. The summed E-state index contributed by atoms with van der Waals surface area (Å²) in [4.78, 5) is 46.3. The second-order valence-electron chi connectivity index (χ2n) is 11.2. The Labute approximate surface area is 249 Å². The van der Waals surface area contributed by atoms with E-state index in [1.54, 1.807) is 11.3 Å². The highest BCUT2D eigenvalue weighted by atomic mass is 79.9. The second-order valence-corrected chi connectivity index (χ2v) is 12.9. The van der Waals surface area contributed by atoms with Crippen LogP contribution >= 0.6 is 27.3 Å². The summed E-state index contributed by atoms with van der Waals surface area (Å²) in [5.74, 6) is -0.991. The lowest BCUT2D eigenvalue weighted by Crippen LogP contribution is -2.57. The summed E-state index contributed by atoms with van der Waals surface area (Å²) in [6, 6.07) is 6.25. The molecule has 0 spiro atoms. The summed E-state index contributed by atoms with van der Waals surface area (Å²) in [6.45, 7) is 8.77. The van der Waals surface area contributed by atoms with Crippen molar-refractivity contribution in [3.05, 3.63) is 41.0 Å². The van der Waals surface area contributed by atoms with Gasteiger partial charge in [0.25, 0.3) is 0 Å². The van der Waals surface area contributed by atoms with E-state index in [0.29, 0.717) is 13.2 Å². The van der Waals surface area contributed by atoms with Gasteiger partial charge in [0.15, 0.2) is 0 Å². The Balaban J connectivity index is 1.59. The molecule has 1 saturated heterocycles. The number of carbonyl (C=O) groups is 3. The molecule has 0 aliphatic carbocycles. The zero-order valence-electron chi connectivity index (χ0n) is 23.7. The first-order chi connectivity index (χ1) is 19.0. The topological polar surface area (TPSA) is 121 Å². The predicted molar refractivity (Wildman–Crippen MR) is 160 cm³/mol. The number of aryl methyl sites for hydroxylation is 1. The first kappa shape index (κ1) is 32.2. The monoisotopic (exact) mass is 636 g/mol. The molecule has 3 atom stereocenters. The molecule has 40 heavy (non-hydrogen) atoms. The SMILES string of the molecule is Cc1ncsc1-c1ccc(CNC(=O)[C@@H]2C[C@@H](O)CN2C(=O)C(NC(=O)CCOCCCCBr)C(C)(C)C)cc1. The lowest BCUT2D eigenvalue weighted by molar-refractivity contribution is -0.144. The molecule has 1 aliphatic heterocycles. The Kier molecular flexibility index (Phi) is 12.1. The van der Waals surface area contributed by atoms with E-state index in [-0.39, 0.29) is 43.7 Å². The van der Waals surface area contributed by atoms with E-state index in [9.17, 15) is 19.5 Å². The number of hydrogen-bond donors (Lipinski definition) is 3. The summed E-state index contributed by atoms with van der Waals surface area (Å²) in [6.07, 6.45) is 1.39. The molecule has 220 valence electrons. The van der Waals surface area contributed by atoms with E-state index in [1.807, 2.05) is 57.5 Å². The molecule has 3 amide bonds. The van der Waals surface area contributed by atoms with Gasteiger partial charge in [-0.15, -0.1) is 11.3 Å². The number of aliphatic hydroxyl groups excluding tert-OH is 1. The molecule has 1 fully saturated rings. The van der Waals surface area contributed by atoms with Crippen molar-refractivity contribution in [3.8, 4) is 10.4 Å². The van der Waals surface area contributed by atoms with Crippen molar-refractivity contribution in [3.63, 3.8) is 0 Å². The van der Waals surface area contributed by atoms with Gasteiger partial charge < -0.3 is 25.4 Å². The smallest absolute Gasteiger partial charge is 0.246 e. The van der Waals surface area contributed by atoms with Crippen LogP contribution in [0.1, 0.15) is 57.7 Å². The number of rotatable bonds is 13. The number of nitrogens with one attached hydrogen (secondary N) is 2. The van der Waals surface area contributed by atoms with Gasteiger partial charge in [0, 0.05) is 37.9 Å². The molecular formula is C29H41BrN4O5S. The van der Waals surface area contributed by atoms with Crippen molar-refractivity contribution >= 4 is 45.0 Å². The van der Waals surface area contributed by atoms with Crippen molar-refractivity contribution in [2.75, 3.05) is 25.1 Å². The highest BCUT2D eigenvalue weighted by Gasteiger charge is 2.44. The average Bonchev–Trinajstić information content (AvgIpc) is 3.52. The van der Waals surface area contributed by atoms with Crippen LogP contribution in [0, 0.1) is 12.3 Å². The third-order valence-corrected chi connectivity index (χ3v) is 8.40. The van der Waals surface area contributed by atoms with Crippen LogP contribution in [0.4, 0.5) is 0 Å². The number of nitrogens with zero attached hydrogens (tertiary/aromatic N) is 2. The lowest BCUT2D eigenvalue weighted by Gasteiger charge is -2.35. The highest BCUT2D eigenvalue weighted by Crippen LogP contribution is 2.28. The van der Waals surface area contributed by atoms with E-state index in [2.05, 4.69) is 31.5 Å². The van der Waals surface area contributed by atoms with Crippen LogP contribution in [0.25, 0.3) is 10.4 Å². The Hall–Kier alpha value is -2.34. The number of amides is 3. The van der Waals surface area contributed by atoms with Gasteiger partial charge in [-0.1, -0.05) is 61.0 Å². The number of aromatic nitrogens is 1. The van der Waals surface area contributed by atoms with Gasteiger partial charge in [-0.3, -0.25) is 14.4 Å². The van der Waals surface area contributed by atoms with Crippen molar-refractivity contribution < 1.29 is 24.2 Å². The van der Waals surface area contributed by atoms with Crippen LogP contribution in [0.3, 0.4) is 0 Å². The highest BCUT2D eigenvalue weighted by molar-refractivity contribution is 9.09. The summed E-state index contributed by atoms with van der Waals surface area (Å²) >= 11 is 4.96. The van der Waals surface area contributed by atoms with Crippen LogP contribution in [0.5, 0.6) is 0 Å². The fourth-order valence-corrected chi connectivity index (χ4v) is 5.79. The molecule has 0 radical (unpaired) electrons. The fourth-order valence-electron chi connectivity index (χ4n) is 4.58. The summed E-state index contributed by atoms with van der Waals surface area (Å²) in [5, 5.41) is 17.1. The van der Waals surface area contributed by atoms with Gasteiger partial charge in [0.1, 0.15) is 12.1 Å². The molecule has 0 bridgehead atoms. The van der Waals surface area contributed by atoms with Gasteiger partial charge >= 0.3 is 0 Å². The van der Waals surface area contributed by atoms with Crippen molar-refractivity contribution in [2.45, 2.75) is 78.1 Å². The maximum absolute atomic E-state index is 13.7. The van der Waals surface area contributed by atoms with Crippen LogP contribution in [-0.2, 0) is 25.7 Å². The fraction of sp³-hybridized carbons (Fsp3) is 0.586. The summed E-state index contributed by atoms with van der Waals surface area (Å²) < 4.78 is 5.52. The molecule has 2 heterocycles. The Morgan fingerprint density at radius 3 is 2.55 bits per heavy atom. The summed E-state index contributed by atoms with van der Waals surface area (Å²) in [7, 11) is 0. The number of benzene rings is 1. The van der Waals surface area contributed by atoms with E-state index < -0.39 is 23.6 Å². The van der Waals surface area contributed by atoms with Crippen LogP contribution < -0.4 is 10.6 Å². The standard InChI is InChI=1S/C29H41BrN4O5S/c1-19-25(40-18-32-19)21-9-7-20(8-10-21)16-31-27(37)23-15-22(35)17-34(23)28(38)26(29(2,3)4)33-24(36)11-14-39-13-6-5-12-30/h7-10,18,22-23,26,35H,5-6,11-17H2,1-4H3,(H,31,37)(H,33,36)/t22-,23+,26?/m1/s1. The quantitative estimate of drug-likeness (QED) is 0.227. The average molecular weight is 638 g/mol. The van der Waals surface area contributed by atoms with Gasteiger partial charge in [-0.2, -0.15) is 0 Å². The molecule has 2 aromatic rings. The zero-order valence-corrected chi connectivity index (χ0v) is 26.1.